The summed E-state index contributed by atoms with van der Waals surface area (Å²) in [7, 11) is 0. The van der Waals surface area contributed by atoms with Crippen LogP contribution in [0.1, 0.15) is 0 Å². The van der Waals surface area contributed by atoms with E-state index in [1.807, 2.05) is 18.2 Å². The largest absolute Gasteiger partial charge is 0.226 e. The molecule has 3 nitrogen and oxygen atoms in total. The summed E-state index contributed by atoms with van der Waals surface area (Å²) in [6.45, 7) is 0. The molecule has 0 spiro atoms. The average Bonchev–Trinajstić information content (AvgIpc) is 2.91. The van der Waals surface area contributed by atoms with Crippen molar-refractivity contribution in [3.63, 3.8) is 0 Å². The van der Waals surface area contributed by atoms with Crippen molar-refractivity contribution in [2.45, 2.75) is 0 Å². The molecule has 0 bridgehead atoms. The second-order valence-corrected chi connectivity index (χ2v) is 9.04. The molecule has 4 heteroatoms. The van der Waals surface area contributed by atoms with Crippen LogP contribution in [0.5, 0.6) is 0 Å². The van der Waals surface area contributed by atoms with E-state index in [0.717, 1.165) is 21.9 Å². The summed E-state index contributed by atoms with van der Waals surface area (Å²) < 4.78 is 0. The van der Waals surface area contributed by atoms with Gasteiger partial charge in [0.1, 0.15) is 0 Å². The van der Waals surface area contributed by atoms with E-state index in [2.05, 4.69) is 101 Å². The molecule has 35 heavy (non-hydrogen) atoms. The summed E-state index contributed by atoms with van der Waals surface area (Å²) in [5.74, 6) is 1.13. The Balaban J connectivity index is 1.39. The first kappa shape index (κ1) is 20.1. The fraction of sp³-hybridized carbons (Fsp3) is 0. The molecule has 0 N–H and O–H groups in total. The van der Waals surface area contributed by atoms with Crippen LogP contribution in [0.2, 0.25) is 5.28 Å². The molecule has 0 atom stereocenters. The Morgan fingerprint density at radius 2 is 0.971 bits per heavy atom. The zero-order valence-corrected chi connectivity index (χ0v) is 19.4. The summed E-state index contributed by atoms with van der Waals surface area (Å²) in [6, 6.07) is 38.0. The number of halogens is 1. The molecule has 0 aliphatic carbocycles. The molecular weight excluding hydrogens is 450 g/mol. The second kappa shape index (κ2) is 7.86. The summed E-state index contributed by atoms with van der Waals surface area (Å²) in [5, 5.41) is 9.81. The van der Waals surface area contributed by atoms with Crippen molar-refractivity contribution in [3.05, 3.63) is 114 Å². The molecule has 7 rings (SSSR count). The topological polar surface area (TPSA) is 38.7 Å². The average molecular weight is 468 g/mol. The fourth-order valence-corrected chi connectivity index (χ4v) is 5.07. The molecule has 0 saturated heterocycles. The Morgan fingerprint density at radius 3 is 1.77 bits per heavy atom. The maximum Gasteiger partial charge on any atom is 0.226 e. The van der Waals surface area contributed by atoms with Crippen molar-refractivity contribution >= 4 is 54.7 Å². The zero-order valence-electron chi connectivity index (χ0n) is 18.6. The SMILES string of the molecule is Clc1nc(-c2ccc3ccccc3c2)nc(-c2ccc3c(ccc4ccc5ccccc5c43)c2)n1. The molecule has 7 aromatic rings. The van der Waals surface area contributed by atoms with Gasteiger partial charge in [-0.3, -0.25) is 0 Å². The third kappa shape index (κ3) is 3.40. The van der Waals surface area contributed by atoms with Gasteiger partial charge in [0, 0.05) is 11.1 Å². The van der Waals surface area contributed by atoms with E-state index in [1.54, 1.807) is 0 Å². The number of hydrogen-bond donors (Lipinski definition) is 0. The van der Waals surface area contributed by atoms with Gasteiger partial charge in [-0.1, -0.05) is 97.1 Å². The highest BCUT2D eigenvalue weighted by molar-refractivity contribution is 6.28. The van der Waals surface area contributed by atoms with Crippen LogP contribution in [-0.4, -0.2) is 15.0 Å². The van der Waals surface area contributed by atoms with Crippen LogP contribution in [-0.2, 0) is 0 Å². The maximum atomic E-state index is 6.37. The monoisotopic (exact) mass is 467 g/mol. The van der Waals surface area contributed by atoms with Gasteiger partial charge in [-0.15, -0.1) is 0 Å². The number of nitrogens with zero attached hydrogens (tertiary/aromatic N) is 3. The Hall–Kier alpha value is -4.34. The van der Waals surface area contributed by atoms with Gasteiger partial charge in [0.05, 0.1) is 0 Å². The summed E-state index contributed by atoms with van der Waals surface area (Å²) >= 11 is 6.37. The van der Waals surface area contributed by atoms with Crippen LogP contribution in [0.3, 0.4) is 0 Å². The molecule has 1 aromatic heterocycles. The highest BCUT2D eigenvalue weighted by Gasteiger charge is 2.12. The molecule has 0 unspecified atom stereocenters. The number of hydrogen-bond acceptors (Lipinski definition) is 3. The normalized spacial score (nSPS) is 11.6. The standard InChI is InChI=1S/C31H18ClN3/c32-31-34-29(24-14-9-19-5-1-2-7-22(19)17-24)33-30(35-31)25-15-16-27-23(18-25)13-12-21-11-10-20-6-3-4-8-26(20)28(21)27/h1-18H. The fourth-order valence-electron chi connectivity index (χ4n) is 4.91. The predicted molar refractivity (Wildman–Crippen MR) is 146 cm³/mol. The smallest absolute Gasteiger partial charge is 0.208 e. The van der Waals surface area contributed by atoms with Crippen LogP contribution < -0.4 is 0 Å². The molecule has 0 amide bonds. The molecule has 0 radical (unpaired) electrons. The Kier molecular flexibility index (Phi) is 4.51. The summed E-state index contributed by atoms with van der Waals surface area (Å²) in [4.78, 5) is 13.7. The van der Waals surface area contributed by atoms with E-state index in [9.17, 15) is 0 Å². The number of rotatable bonds is 2. The van der Waals surface area contributed by atoms with E-state index in [-0.39, 0.29) is 5.28 Å². The maximum absolute atomic E-state index is 6.37. The minimum absolute atomic E-state index is 0.183. The highest BCUT2D eigenvalue weighted by Crippen LogP contribution is 2.34. The zero-order chi connectivity index (χ0) is 23.4. The molecule has 0 aliphatic heterocycles. The van der Waals surface area contributed by atoms with Crippen LogP contribution in [0.15, 0.2) is 109 Å². The van der Waals surface area contributed by atoms with Crippen molar-refractivity contribution in [2.24, 2.45) is 0 Å². The van der Waals surface area contributed by atoms with Gasteiger partial charge in [0.15, 0.2) is 11.6 Å². The third-order valence-corrected chi connectivity index (χ3v) is 6.77. The Bertz CT molecular complexity index is 1930. The number of fused-ring (bicyclic) bond motifs is 6. The minimum Gasteiger partial charge on any atom is -0.208 e. The van der Waals surface area contributed by atoms with Gasteiger partial charge < -0.3 is 0 Å². The number of benzene rings is 6. The van der Waals surface area contributed by atoms with E-state index in [0.29, 0.717) is 11.6 Å². The van der Waals surface area contributed by atoms with E-state index in [1.165, 1.54) is 32.3 Å². The molecule has 0 aliphatic rings. The van der Waals surface area contributed by atoms with Gasteiger partial charge in [0.25, 0.3) is 0 Å². The van der Waals surface area contributed by atoms with Gasteiger partial charge in [0.2, 0.25) is 5.28 Å². The Labute approximate surface area is 206 Å². The predicted octanol–water partition coefficient (Wildman–Crippen LogP) is 8.47. The van der Waals surface area contributed by atoms with Crippen molar-refractivity contribution in [1.82, 2.24) is 15.0 Å². The van der Waals surface area contributed by atoms with Crippen molar-refractivity contribution in [3.8, 4) is 22.8 Å². The summed E-state index contributed by atoms with van der Waals surface area (Å²) in [5.41, 5.74) is 1.82. The first-order valence-electron chi connectivity index (χ1n) is 11.5. The van der Waals surface area contributed by atoms with Gasteiger partial charge in [-0.25, -0.2) is 4.98 Å². The molecule has 6 aromatic carbocycles. The van der Waals surface area contributed by atoms with E-state index >= 15 is 0 Å². The molecule has 0 saturated carbocycles. The Morgan fingerprint density at radius 1 is 0.429 bits per heavy atom. The van der Waals surface area contributed by atoms with Gasteiger partial charge >= 0.3 is 0 Å². The van der Waals surface area contributed by atoms with Crippen LogP contribution in [0.25, 0.3) is 65.9 Å². The van der Waals surface area contributed by atoms with E-state index in [4.69, 9.17) is 16.6 Å². The number of aromatic nitrogens is 3. The molecule has 164 valence electrons. The summed E-state index contributed by atoms with van der Waals surface area (Å²) in [6.07, 6.45) is 0. The van der Waals surface area contributed by atoms with Gasteiger partial charge in [-0.05, 0) is 66.8 Å². The van der Waals surface area contributed by atoms with Crippen molar-refractivity contribution in [2.75, 3.05) is 0 Å². The minimum atomic E-state index is 0.183. The first-order valence-corrected chi connectivity index (χ1v) is 11.9. The van der Waals surface area contributed by atoms with Crippen molar-refractivity contribution < 1.29 is 0 Å². The van der Waals surface area contributed by atoms with Crippen LogP contribution in [0.4, 0.5) is 0 Å². The lowest BCUT2D eigenvalue weighted by atomic mass is 9.95. The lowest BCUT2D eigenvalue weighted by molar-refractivity contribution is 1.07. The molecular formula is C31H18ClN3. The third-order valence-electron chi connectivity index (χ3n) is 6.60. The van der Waals surface area contributed by atoms with Crippen LogP contribution >= 0.6 is 11.6 Å². The lowest BCUT2D eigenvalue weighted by Crippen LogP contribution is -1.97. The van der Waals surface area contributed by atoms with E-state index < -0.39 is 0 Å². The quantitative estimate of drug-likeness (QED) is 0.239. The highest BCUT2D eigenvalue weighted by atomic mass is 35.5. The molecule has 0 fully saturated rings. The second-order valence-electron chi connectivity index (χ2n) is 8.70. The van der Waals surface area contributed by atoms with Crippen molar-refractivity contribution in [1.29, 1.82) is 0 Å². The van der Waals surface area contributed by atoms with Gasteiger partial charge in [-0.2, -0.15) is 9.97 Å². The van der Waals surface area contributed by atoms with Crippen LogP contribution in [0, 0.1) is 0 Å². The molecule has 1 heterocycles. The lowest BCUT2D eigenvalue weighted by Gasteiger charge is -2.10. The first-order chi connectivity index (χ1) is 17.2.